The third-order valence-corrected chi connectivity index (χ3v) is 2.57. The number of carbonyl (C=O) groups is 1. The summed E-state index contributed by atoms with van der Waals surface area (Å²) in [5.41, 5.74) is 6.36. The maximum absolute atomic E-state index is 10.9. The van der Waals surface area contributed by atoms with Gasteiger partial charge >= 0.3 is 0 Å². The minimum atomic E-state index is -0.472. The maximum atomic E-state index is 10.9. The molecule has 0 bridgehead atoms. The zero-order valence-electron chi connectivity index (χ0n) is 10.3. The fraction of sp³-hybridized carbons (Fsp3) is 0.154. The van der Waals surface area contributed by atoms with Crippen molar-refractivity contribution in [1.29, 1.82) is 0 Å². The van der Waals surface area contributed by atoms with Crippen LogP contribution in [0.1, 0.15) is 21.9 Å². The van der Waals surface area contributed by atoms with Crippen molar-refractivity contribution >= 4 is 17.5 Å². The standard InChI is InChI=1S/C13H12ClN3O2/c1-8-6-11(14)17-12(16-8)7-19-10-4-2-9(3-5-10)13(15)18/h2-6H,7H2,1H3,(H2,15,18). The molecule has 1 heterocycles. The topological polar surface area (TPSA) is 78.1 Å². The normalized spacial score (nSPS) is 10.2. The molecule has 2 aromatic rings. The number of nitrogens with two attached hydrogens (primary N) is 1. The molecule has 0 spiro atoms. The van der Waals surface area contributed by atoms with Gasteiger partial charge in [0.25, 0.3) is 0 Å². The van der Waals surface area contributed by atoms with E-state index in [0.29, 0.717) is 22.3 Å². The van der Waals surface area contributed by atoms with Gasteiger partial charge in [0.15, 0.2) is 5.82 Å². The number of primary amides is 1. The lowest BCUT2D eigenvalue weighted by molar-refractivity contribution is 0.1000. The second-order valence-electron chi connectivity index (χ2n) is 3.93. The zero-order chi connectivity index (χ0) is 13.8. The number of benzene rings is 1. The fourth-order valence-corrected chi connectivity index (χ4v) is 1.77. The van der Waals surface area contributed by atoms with Crippen molar-refractivity contribution in [2.24, 2.45) is 5.73 Å². The minimum absolute atomic E-state index is 0.206. The molecular weight excluding hydrogens is 266 g/mol. The number of rotatable bonds is 4. The average molecular weight is 278 g/mol. The molecule has 0 unspecified atom stereocenters. The number of hydrogen-bond acceptors (Lipinski definition) is 4. The van der Waals surface area contributed by atoms with Gasteiger partial charge in [-0.3, -0.25) is 4.79 Å². The third-order valence-electron chi connectivity index (χ3n) is 2.38. The Morgan fingerprint density at radius 1 is 1.32 bits per heavy atom. The molecule has 0 atom stereocenters. The summed E-state index contributed by atoms with van der Waals surface area (Å²) < 4.78 is 5.50. The van der Waals surface area contributed by atoms with E-state index in [9.17, 15) is 4.79 Å². The lowest BCUT2D eigenvalue weighted by Gasteiger charge is -2.06. The summed E-state index contributed by atoms with van der Waals surface area (Å²) in [5.74, 6) is 0.635. The molecular formula is C13H12ClN3O2. The number of aryl methyl sites for hydroxylation is 1. The molecule has 1 amide bonds. The van der Waals surface area contributed by atoms with Gasteiger partial charge in [0.05, 0.1) is 0 Å². The first-order valence-electron chi connectivity index (χ1n) is 5.57. The predicted molar refractivity (Wildman–Crippen MR) is 71.1 cm³/mol. The third kappa shape index (κ3) is 3.66. The van der Waals surface area contributed by atoms with Crippen molar-refractivity contribution in [2.45, 2.75) is 13.5 Å². The molecule has 98 valence electrons. The van der Waals surface area contributed by atoms with E-state index >= 15 is 0 Å². The van der Waals surface area contributed by atoms with Gasteiger partial charge in [-0.1, -0.05) is 11.6 Å². The van der Waals surface area contributed by atoms with Gasteiger partial charge in [0.1, 0.15) is 17.5 Å². The van der Waals surface area contributed by atoms with Crippen molar-refractivity contribution in [3.05, 3.63) is 52.6 Å². The van der Waals surface area contributed by atoms with Crippen LogP contribution >= 0.6 is 11.6 Å². The van der Waals surface area contributed by atoms with Gasteiger partial charge < -0.3 is 10.5 Å². The van der Waals surface area contributed by atoms with Crippen LogP contribution in [0, 0.1) is 6.92 Å². The summed E-state index contributed by atoms with van der Waals surface area (Å²) in [4.78, 5) is 19.2. The smallest absolute Gasteiger partial charge is 0.248 e. The second kappa shape index (κ2) is 5.67. The van der Waals surface area contributed by atoms with E-state index in [1.165, 1.54) is 0 Å². The molecule has 0 fully saturated rings. The van der Waals surface area contributed by atoms with E-state index in [1.54, 1.807) is 30.3 Å². The quantitative estimate of drug-likeness (QED) is 0.868. The SMILES string of the molecule is Cc1cc(Cl)nc(COc2ccc(C(N)=O)cc2)n1. The Bertz CT molecular complexity index is 579. The summed E-state index contributed by atoms with van der Waals surface area (Å²) in [6.45, 7) is 2.04. The molecule has 0 aliphatic heterocycles. The Morgan fingerprint density at radius 3 is 2.58 bits per heavy atom. The molecule has 0 aliphatic carbocycles. The van der Waals surface area contributed by atoms with Gasteiger partial charge in [-0.25, -0.2) is 9.97 Å². The number of amides is 1. The highest BCUT2D eigenvalue weighted by Gasteiger charge is 2.03. The van der Waals surface area contributed by atoms with Gasteiger partial charge in [0, 0.05) is 11.3 Å². The van der Waals surface area contributed by atoms with Crippen LogP contribution in [-0.4, -0.2) is 15.9 Å². The highest BCUT2D eigenvalue weighted by molar-refractivity contribution is 6.29. The molecule has 0 aliphatic rings. The van der Waals surface area contributed by atoms with Crippen LogP contribution in [0.15, 0.2) is 30.3 Å². The van der Waals surface area contributed by atoms with E-state index in [-0.39, 0.29) is 6.61 Å². The highest BCUT2D eigenvalue weighted by Crippen LogP contribution is 2.14. The predicted octanol–water partition coefficient (Wildman–Crippen LogP) is 2.12. The van der Waals surface area contributed by atoms with Gasteiger partial charge in [-0.05, 0) is 37.3 Å². The number of ether oxygens (including phenoxy) is 1. The van der Waals surface area contributed by atoms with E-state index < -0.39 is 5.91 Å². The fourth-order valence-electron chi connectivity index (χ4n) is 1.52. The van der Waals surface area contributed by atoms with E-state index in [4.69, 9.17) is 22.1 Å². The molecule has 6 heteroatoms. The van der Waals surface area contributed by atoms with Crippen molar-refractivity contribution in [3.8, 4) is 5.75 Å². The van der Waals surface area contributed by atoms with Gasteiger partial charge in [-0.15, -0.1) is 0 Å². The average Bonchev–Trinajstić information content (AvgIpc) is 2.36. The number of aromatic nitrogens is 2. The minimum Gasteiger partial charge on any atom is -0.486 e. The summed E-state index contributed by atoms with van der Waals surface area (Å²) >= 11 is 5.83. The van der Waals surface area contributed by atoms with Crippen LogP contribution in [0.5, 0.6) is 5.75 Å². The molecule has 2 N–H and O–H groups in total. The first-order valence-corrected chi connectivity index (χ1v) is 5.95. The van der Waals surface area contributed by atoms with Crippen LogP contribution in [0.2, 0.25) is 5.15 Å². The largest absolute Gasteiger partial charge is 0.486 e. The Hall–Kier alpha value is -2.14. The molecule has 5 nitrogen and oxygen atoms in total. The number of hydrogen-bond donors (Lipinski definition) is 1. The van der Waals surface area contributed by atoms with Crippen molar-refractivity contribution < 1.29 is 9.53 Å². The van der Waals surface area contributed by atoms with Crippen molar-refractivity contribution in [2.75, 3.05) is 0 Å². The Labute approximate surface area is 115 Å². The van der Waals surface area contributed by atoms with E-state index in [0.717, 1.165) is 5.69 Å². The highest BCUT2D eigenvalue weighted by atomic mass is 35.5. The second-order valence-corrected chi connectivity index (χ2v) is 4.31. The number of nitrogens with zero attached hydrogens (tertiary/aromatic N) is 2. The lowest BCUT2D eigenvalue weighted by atomic mass is 10.2. The van der Waals surface area contributed by atoms with Gasteiger partial charge in [0.2, 0.25) is 5.91 Å². The summed E-state index contributed by atoms with van der Waals surface area (Å²) in [5, 5.41) is 0.384. The number of carbonyl (C=O) groups excluding carboxylic acids is 1. The monoisotopic (exact) mass is 277 g/mol. The molecule has 0 radical (unpaired) electrons. The first-order chi connectivity index (χ1) is 9.04. The molecule has 1 aromatic carbocycles. The van der Waals surface area contributed by atoms with E-state index in [1.807, 2.05) is 6.92 Å². The summed E-state index contributed by atoms with van der Waals surface area (Å²) in [6.07, 6.45) is 0. The van der Waals surface area contributed by atoms with Crippen LogP contribution in [-0.2, 0) is 6.61 Å². The van der Waals surface area contributed by atoms with Crippen molar-refractivity contribution in [1.82, 2.24) is 9.97 Å². The van der Waals surface area contributed by atoms with Crippen LogP contribution in [0.25, 0.3) is 0 Å². The van der Waals surface area contributed by atoms with Gasteiger partial charge in [-0.2, -0.15) is 0 Å². The Morgan fingerprint density at radius 2 is 2.00 bits per heavy atom. The Kier molecular flexibility index (Phi) is 3.97. The molecule has 1 aromatic heterocycles. The molecule has 0 saturated heterocycles. The Balaban J connectivity index is 2.03. The van der Waals surface area contributed by atoms with Crippen molar-refractivity contribution in [3.63, 3.8) is 0 Å². The molecule has 0 saturated carbocycles. The maximum Gasteiger partial charge on any atom is 0.248 e. The lowest BCUT2D eigenvalue weighted by Crippen LogP contribution is -2.10. The molecule has 19 heavy (non-hydrogen) atoms. The summed E-state index contributed by atoms with van der Waals surface area (Å²) in [6, 6.07) is 8.20. The first kappa shape index (κ1) is 13.3. The van der Waals surface area contributed by atoms with Crippen LogP contribution in [0.4, 0.5) is 0 Å². The van der Waals surface area contributed by atoms with E-state index in [2.05, 4.69) is 9.97 Å². The molecule has 2 rings (SSSR count). The summed E-state index contributed by atoms with van der Waals surface area (Å²) in [7, 11) is 0. The number of halogens is 1. The van der Waals surface area contributed by atoms with Crippen LogP contribution in [0.3, 0.4) is 0 Å². The zero-order valence-corrected chi connectivity index (χ0v) is 11.0. The van der Waals surface area contributed by atoms with Crippen LogP contribution < -0.4 is 10.5 Å².